The number of amides is 1. The molecule has 1 amide bonds. The molecular weight excluding hydrogens is 346 g/mol. The fourth-order valence-corrected chi connectivity index (χ4v) is 6.12. The molecule has 8 heteroatoms. The van der Waals surface area contributed by atoms with Gasteiger partial charge in [0.05, 0.1) is 18.8 Å². The number of hydrogen-bond acceptors (Lipinski definition) is 5. The van der Waals surface area contributed by atoms with Gasteiger partial charge in [0.25, 0.3) is 10.1 Å². The Hall–Kier alpha value is -0.700. The number of carbonyl (C=O) groups is 1. The first-order chi connectivity index (χ1) is 11.8. The zero-order chi connectivity index (χ0) is 17.7. The summed E-state index contributed by atoms with van der Waals surface area (Å²) in [4.78, 5) is 11.8. The molecule has 1 aliphatic heterocycles. The Balaban J connectivity index is 1.44. The maximum atomic E-state index is 11.8. The van der Waals surface area contributed by atoms with Crippen LogP contribution < -0.4 is 5.32 Å². The third-order valence-electron chi connectivity index (χ3n) is 6.55. The van der Waals surface area contributed by atoms with Crippen molar-refractivity contribution in [1.82, 2.24) is 5.32 Å². The van der Waals surface area contributed by atoms with E-state index in [2.05, 4.69) is 5.32 Å². The van der Waals surface area contributed by atoms with Crippen LogP contribution in [-0.2, 0) is 24.4 Å². The van der Waals surface area contributed by atoms with Gasteiger partial charge in [-0.3, -0.25) is 9.35 Å². The van der Waals surface area contributed by atoms with Crippen LogP contribution in [0.5, 0.6) is 0 Å². The van der Waals surface area contributed by atoms with Gasteiger partial charge in [-0.25, -0.2) is 0 Å². The summed E-state index contributed by atoms with van der Waals surface area (Å²) in [5.74, 6) is -0.174. The van der Waals surface area contributed by atoms with Crippen molar-refractivity contribution in [2.75, 3.05) is 25.5 Å². The van der Waals surface area contributed by atoms with Crippen molar-refractivity contribution in [1.29, 1.82) is 0 Å². The summed E-state index contributed by atoms with van der Waals surface area (Å²) in [5, 5.41) is 2.75. The molecule has 3 bridgehead atoms. The first kappa shape index (κ1) is 17.7. The molecule has 0 radical (unpaired) electrons. The maximum Gasteiger partial charge on any atom is 0.274 e. The number of ether oxygens (including phenoxy) is 2. The van der Waals surface area contributed by atoms with Crippen molar-refractivity contribution in [2.24, 2.45) is 17.3 Å². The van der Waals surface area contributed by atoms with E-state index in [1.54, 1.807) is 0 Å². The van der Waals surface area contributed by atoms with Crippen molar-refractivity contribution in [3.8, 4) is 0 Å². The molecule has 0 aromatic rings. The van der Waals surface area contributed by atoms with E-state index in [1.165, 1.54) is 12.8 Å². The van der Waals surface area contributed by atoms with E-state index in [0.29, 0.717) is 25.0 Å². The van der Waals surface area contributed by atoms with Gasteiger partial charge in [0.1, 0.15) is 6.10 Å². The van der Waals surface area contributed by atoms with Gasteiger partial charge in [-0.1, -0.05) is 12.8 Å². The lowest BCUT2D eigenvalue weighted by Crippen LogP contribution is -2.48. The van der Waals surface area contributed by atoms with E-state index >= 15 is 0 Å². The second-order valence-electron chi connectivity index (χ2n) is 8.65. The van der Waals surface area contributed by atoms with Gasteiger partial charge in [0.2, 0.25) is 5.91 Å². The van der Waals surface area contributed by atoms with Crippen LogP contribution in [0.2, 0.25) is 0 Å². The van der Waals surface area contributed by atoms with Crippen molar-refractivity contribution >= 4 is 16.0 Å². The standard InChI is InChI=1S/C17H27NO6S/c19-15(9-25(20,21)22)18-11-16-4-12-2-1-3-17(10-16,6-13(12)5-16)24-8-14-7-23-14/h12-14H,1-11H2,(H,18,19)(H,20,21,22). The summed E-state index contributed by atoms with van der Waals surface area (Å²) in [6, 6.07) is 0. The maximum absolute atomic E-state index is 11.8. The average Bonchev–Trinajstić information content (AvgIpc) is 3.29. The monoisotopic (exact) mass is 373 g/mol. The Morgan fingerprint density at radius 1 is 1.28 bits per heavy atom. The Labute approximate surface area is 148 Å². The first-order valence-electron chi connectivity index (χ1n) is 9.24. The normalized spacial score (nSPS) is 42.2. The van der Waals surface area contributed by atoms with Crippen molar-refractivity contribution in [3.05, 3.63) is 0 Å². The third kappa shape index (κ3) is 4.02. The number of fused-ring (bicyclic) bond motifs is 2. The lowest BCUT2D eigenvalue weighted by atomic mass is 9.67. The predicted octanol–water partition coefficient (Wildman–Crippen LogP) is 1.13. The Kier molecular flexibility index (Phi) is 4.38. The molecule has 142 valence electrons. The van der Waals surface area contributed by atoms with Crippen LogP contribution in [0.15, 0.2) is 0 Å². The molecule has 25 heavy (non-hydrogen) atoms. The summed E-state index contributed by atoms with van der Waals surface area (Å²) in [6.07, 6.45) is 7.90. The van der Waals surface area contributed by atoms with Gasteiger partial charge in [-0.05, 0) is 49.4 Å². The van der Waals surface area contributed by atoms with Crippen LogP contribution in [0.25, 0.3) is 0 Å². The van der Waals surface area contributed by atoms with Crippen LogP contribution in [0.1, 0.15) is 44.9 Å². The summed E-state index contributed by atoms with van der Waals surface area (Å²) >= 11 is 0. The van der Waals surface area contributed by atoms with Gasteiger partial charge in [0, 0.05) is 6.54 Å². The molecule has 0 aromatic heterocycles. The highest BCUT2D eigenvalue weighted by Gasteiger charge is 2.57. The molecule has 4 aliphatic rings. The van der Waals surface area contributed by atoms with Gasteiger partial charge in [-0.15, -0.1) is 0 Å². The first-order valence-corrected chi connectivity index (χ1v) is 10.8. The zero-order valence-corrected chi connectivity index (χ0v) is 15.2. The van der Waals surface area contributed by atoms with Crippen LogP contribution in [0.4, 0.5) is 0 Å². The van der Waals surface area contributed by atoms with Gasteiger partial charge in [-0.2, -0.15) is 8.42 Å². The van der Waals surface area contributed by atoms with E-state index in [-0.39, 0.29) is 17.1 Å². The Morgan fingerprint density at radius 3 is 2.76 bits per heavy atom. The molecule has 0 spiro atoms. The van der Waals surface area contributed by atoms with E-state index in [9.17, 15) is 13.2 Å². The van der Waals surface area contributed by atoms with Crippen LogP contribution in [0, 0.1) is 17.3 Å². The molecule has 1 heterocycles. The summed E-state index contributed by atoms with van der Waals surface area (Å²) in [7, 11) is -4.28. The van der Waals surface area contributed by atoms with Crippen LogP contribution in [-0.4, -0.2) is 56.1 Å². The molecule has 3 aliphatic carbocycles. The van der Waals surface area contributed by atoms with Crippen molar-refractivity contribution < 1.29 is 27.2 Å². The minimum atomic E-state index is -4.28. The van der Waals surface area contributed by atoms with E-state index in [1.807, 2.05) is 0 Å². The molecule has 2 N–H and O–H groups in total. The minimum absolute atomic E-state index is 0.00666. The smallest absolute Gasteiger partial charge is 0.274 e. The number of rotatable bonds is 7. The second kappa shape index (κ2) is 6.18. The molecule has 4 rings (SSSR count). The molecule has 0 aromatic carbocycles. The Bertz CT molecular complexity index is 648. The quantitative estimate of drug-likeness (QED) is 0.512. The largest absolute Gasteiger partial charge is 0.372 e. The Morgan fingerprint density at radius 2 is 2.04 bits per heavy atom. The SMILES string of the molecule is O=C(CS(=O)(=O)O)NCC12CC3CCCC(OCC4CO4)(CC3C1)C2. The molecule has 5 atom stereocenters. The van der Waals surface area contributed by atoms with E-state index in [4.69, 9.17) is 14.0 Å². The summed E-state index contributed by atoms with van der Waals surface area (Å²) < 4.78 is 42.3. The van der Waals surface area contributed by atoms with Gasteiger partial charge >= 0.3 is 0 Å². The highest BCUT2D eigenvalue weighted by atomic mass is 32.2. The molecule has 5 unspecified atom stereocenters. The third-order valence-corrected chi connectivity index (χ3v) is 7.17. The highest BCUT2D eigenvalue weighted by Crippen LogP contribution is 2.62. The highest BCUT2D eigenvalue weighted by molar-refractivity contribution is 7.86. The van der Waals surface area contributed by atoms with Crippen LogP contribution >= 0.6 is 0 Å². The molecule has 1 saturated heterocycles. The number of carbonyl (C=O) groups excluding carboxylic acids is 1. The molecule has 4 fully saturated rings. The van der Waals surface area contributed by atoms with Gasteiger partial charge in [0.15, 0.2) is 5.75 Å². The van der Waals surface area contributed by atoms with Gasteiger partial charge < -0.3 is 14.8 Å². The number of nitrogens with one attached hydrogen (secondary N) is 1. The lowest BCUT2D eigenvalue weighted by Gasteiger charge is -2.46. The summed E-state index contributed by atoms with van der Waals surface area (Å²) in [6.45, 7) is 1.92. The summed E-state index contributed by atoms with van der Waals surface area (Å²) in [5.41, 5.74) is -0.124. The second-order valence-corrected chi connectivity index (χ2v) is 10.1. The number of epoxide rings is 1. The fraction of sp³-hybridized carbons (Fsp3) is 0.941. The molecule has 3 saturated carbocycles. The van der Waals surface area contributed by atoms with Crippen molar-refractivity contribution in [3.63, 3.8) is 0 Å². The fourth-order valence-electron chi connectivity index (χ4n) is 5.69. The van der Waals surface area contributed by atoms with Crippen molar-refractivity contribution in [2.45, 2.75) is 56.7 Å². The molecule has 7 nitrogen and oxygen atoms in total. The minimum Gasteiger partial charge on any atom is -0.372 e. The average molecular weight is 373 g/mol. The van der Waals surface area contributed by atoms with E-state index in [0.717, 1.165) is 38.7 Å². The molecular formula is C17H27NO6S. The van der Waals surface area contributed by atoms with Crippen LogP contribution in [0.3, 0.4) is 0 Å². The van der Waals surface area contributed by atoms with E-state index < -0.39 is 21.8 Å². The zero-order valence-electron chi connectivity index (χ0n) is 14.4. The number of hydrogen-bond donors (Lipinski definition) is 2. The topological polar surface area (TPSA) is 105 Å². The predicted molar refractivity (Wildman–Crippen MR) is 89.6 cm³/mol. The lowest BCUT2D eigenvalue weighted by molar-refractivity contribution is -0.123.